The molecule has 1 aromatic carbocycles. The third kappa shape index (κ3) is 2.35. The van der Waals surface area contributed by atoms with Crippen LogP contribution in [0.2, 0.25) is 0 Å². The minimum Gasteiger partial charge on any atom is -0.487 e. The predicted octanol–water partition coefficient (Wildman–Crippen LogP) is 2.16. The molecule has 2 rings (SSSR count). The molecule has 82 valence electrons. The summed E-state index contributed by atoms with van der Waals surface area (Å²) >= 11 is 0. The maximum absolute atomic E-state index is 10.5. The van der Waals surface area contributed by atoms with E-state index >= 15 is 0 Å². The lowest BCUT2D eigenvalue weighted by Crippen LogP contribution is -1.96. The molecular formula is C10H8N2O4. The second-order valence-electron chi connectivity index (χ2n) is 3.02. The number of rotatable bonds is 4. The van der Waals surface area contributed by atoms with Crippen LogP contribution in [-0.2, 0) is 6.61 Å². The highest BCUT2D eigenvalue weighted by Crippen LogP contribution is 2.19. The molecule has 2 aromatic rings. The number of hydrogen-bond donors (Lipinski definition) is 0. The summed E-state index contributed by atoms with van der Waals surface area (Å²) < 4.78 is 10.1. The van der Waals surface area contributed by atoms with Gasteiger partial charge >= 0.3 is 0 Å². The number of ether oxygens (including phenoxy) is 1. The third-order valence-electron chi connectivity index (χ3n) is 1.90. The van der Waals surface area contributed by atoms with E-state index < -0.39 is 4.92 Å². The first kappa shape index (κ1) is 10.2. The van der Waals surface area contributed by atoms with Crippen molar-refractivity contribution in [3.63, 3.8) is 0 Å². The molecule has 0 fully saturated rings. The Kier molecular flexibility index (Phi) is 2.81. The molecule has 0 amide bonds. The lowest BCUT2D eigenvalue weighted by molar-refractivity contribution is -0.384. The summed E-state index contributed by atoms with van der Waals surface area (Å²) in [5, 5.41) is 10.5. The van der Waals surface area contributed by atoms with Crippen molar-refractivity contribution in [1.82, 2.24) is 4.98 Å². The van der Waals surface area contributed by atoms with Crippen LogP contribution < -0.4 is 4.74 Å². The van der Waals surface area contributed by atoms with E-state index in [1.165, 1.54) is 24.8 Å². The molecule has 0 N–H and O–H groups in total. The van der Waals surface area contributed by atoms with Crippen LogP contribution in [0.3, 0.4) is 0 Å². The predicted molar refractivity (Wildman–Crippen MR) is 53.9 cm³/mol. The molecule has 0 atom stereocenters. The first-order valence-electron chi connectivity index (χ1n) is 4.50. The van der Waals surface area contributed by atoms with Gasteiger partial charge in [0.1, 0.15) is 24.3 Å². The van der Waals surface area contributed by atoms with E-state index in [0.717, 1.165) is 0 Å². The van der Waals surface area contributed by atoms with Gasteiger partial charge in [-0.1, -0.05) is 6.07 Å². The average molecular weight is 220 g/mol. The Labute approximate surface area is 90.6 Å². The lowest BCUT2D eigenvalue weighted by Gasteiger charge is -2.02. The largest absolute Gasteiger partial charge is 0.487 e. The Morgan fingerprint density at radius 1 is 1.50 bits per heavy atom. The molecule has 6 heteroatoms. The van der Waals surface area contributed by atoms with Crippen LogP contribution in [0.4, 0.5) is 5.69 Å². The van der Waals surface area contributed by atoms with E-state index in [1.54, 1.807) is 12.1 Å². The number of non-ortho nitro benzene ring substituents is 1. The Hall–Kier alpha value is -2.37. The SMILES string of the molecule is O=[N+]([O-])c1cccc(OCc2cocn2)c1. The first-order chi connectivity index (χ1) is 7.75. The molecule has 1 aromatic heterocycles. The number of aromatic nitrogens is 1. The van der Waals surface area contributed by atoms with E-state index in [9.17, 15) is 10.1 Å². The summed E-state index contributed by atoms with van der Waals surface area (Å²) in [4.78, 5) is 13.9. The van der Waals surface area contributed by atoms with Gasteiger partial charge in [0.15, 0.2) is 6.39 Å². The topological polar surface area (TPSA) is 78.4 Å². The molecule has 0 bridgehead atoms. The van der Waals surface area contributed by atoms with E-state index in [-0.39, 0.29) is 12.3 Å². The summed E-state index contributed by atoms with van der Waals surface area (Å²) in [6, 6.07) is 5.98. The van der Waals surface area contributed by atoms with E-state index in [1.807, 2.05) is 0 Å². The minimum atomic E-state index is -0.469. The Bertz CT molecular complexity index is 481. The molecule has 0 radical (unpaired) electrons. The van der Waals surface area contributed by atoms with E-state index in [0.29, 0.717) is 11.4 Å². The molecule has 0 spiro atoms. The summed E-state index contributed by atoms with van der Waals surface area (Å²) in [6.07, 6.45) is 2.75. The molecule has 0 aliphatic carbocycles. The zero-order chi connectivity index (χ0) is 11.4. The van der Waals surface area contributed by atoms with E-state index in [4.69, 9.17) is 9.15 Å². The fraction of sp³-hybridized carbons (Fsp3) is 0.100. The van der Waals surface area contributed by atoms with Crippen molar-refractivity contribution in [2.24, 2.45) is 0 Å². The molecule has 0 unspecified atom stereocenters. The van der Waals surface area contributed by atoms with Crippen LogP contribution in [0.1, 0.15) is 5.69 Å². The van der Waals surface area contributed by atoms with Crippen molar-refractivity contribution >= 4 is 5.69 Å². The van der Waals surface area contributed by atoms with Crippen molar-refractivity contribution in [1.29, 1.82) is 0 Å². The second-order valence-corrected chi connectivity index (χ2v) is 3.02. The number of hydrogen-bond acceptors (Lipinski definition) is 5. The molecule has 0 saturated heterocycles. The summed E-state index contributed by atoms with van der Waals surface area (Å²) in [5.74, 6) is 0.428. The van der Waals surface area contributed by atoms with Crippen molar-refractivity contribution in [2.45, 2.75) is 6.61 Å². The van der Waals surface area contributed by atoms with Gasteiger partial charge in [-0.05, 0) is 6.07 Å². The maximum atomic E-state index is 10.5. The van der Waals surface area contributed by atoms with Gasteiger partial charge < -0.3 is 9.15 Å². The third-order valence-corrected chi connectivity index (χ3v) is 1.90. The van der Waals surface area contributed by atoms with Gasteiger partial charge in [0.25, 0.3) is 5.69 Å². The van der Waals surface area contributed by atoms with Crippen molar-refractivity contribution in [3.05, 3.63) is 52.7 Å². The first-order valence-corrected chi connectivity index (χ1v) is 4.50. The molecule has 0 aliphatic rings. The monoisotopic (exact) mass is 220 g/mol. The number of nitrogens with zero attached hydrogens (tertiary/aromatic N) is 2. The van der Waals surface area contributed by atoms with Gasteiger partial charge in [0.05, 0.1) is 11.0 Å². The van der Waals surface area contributed by atoms with Crippen LogP contribution in [0, 0.1) is 10.1 Å². The van der Waals surface area contributed by atoms with Crippen molar-refractivity contribution in [3.8, 4) is 5.75 Å². The number of nitro groups is 1. The fourth-order valence-corrected chi connectivity index (χ4v) is 1.15. The van der Waals surface area contributed by atoms with Gasteiger partial charge in [-0.2, -0.15) is 0 Å². The van der Waals surface area contributed by atoms with Crippen LogP contribution in [0.15, 0.2) is 41.3 Å². The highest BCUT2D eigenvalue weighted by atomic mass is 16.6. The average Bonchev–Trinajstić information content (AvgIpc) is 2.79. The zero-order valence-electron chi connectivity index (χ0n) is 8.20. The standard InChI is InChI=1S/C10H8N2O4/c13-12(14)9-2-1-3-10(4-9)16-6-8-5-15-7-11-8/h1-5,7H,6H2. The van der Waals surface area contributed by atoms with Crippen molar-refractivity contribution in [2.75, 3.05) is 0 Å². The highest BCUT2D eigenvalue weighted by Gasteiger charge is 2.06. The van der Waals surface area contributed by atoms with E-state index in [2.05, 4.69) is 4.98 Å². The number of oxazole rings is 1. The van der Waals surface area contributed by atoms with Gasteiger partial charge in [0, 0.05) is 6.07 Å². The smallest absolute Gasteiger partial charge is 0.273 e. The molecule has 0 saturated carbocycles. The van der Waals surface area contributed by atoms with Crippen LogP contribution >= 0.6 is 0 Å². The molecule has 6 nitrogen and oxygen atoms in total. The van der Waals surface area contributed by atoms with Crippen LogP contribution in [0.5, 0.6) is 5.75 Å². The quantitative estimate of drug-likeness (QED) is 0.582. The summed E-state index contributed by atoms with van der Waals surface area (Å²) in [6.45, 7) is 0.220. The lowest BCUT2D eigenvalue weighted by atomic mass is 10.3. The van der Waals surface area contributed by atoms with Gasteiger partial charge in [0.2, 0.25) is 0 Å². The summed E-state index contributed by atoms with van der Waals surface area (Å²) in [5.41, 5.74) is 0.629. The summed E-state index contributed by atoms with van der Waals surface area (Å²) in [7, 11) is 0. The fourth-order valence-electron chi connectivity index (χ4n) is 1.15. The normalized spacial score (nSPS) is 10.0. The number of nitro benzene ring substituents is 1. The van der Waals surface area contributed by atoms with Crippen LogP contribution in [0.25, 0.3) is 0 Å². The van der Waals surface area contributed by atoms with Crippen molar-refractivity contribution < 1.29 is 14.1 Å². The molecule has 0 aliphatic heterocycles. The minimum absolute atomic E-state index is 0.00217. The van der Waals surface area contributed by atoms with Gasteiger partial charge in [-0.3, -0.25) is 10.1 Å². The second kappa shape index (κ2) is 4.43. The van der Waals surface area contributed by atoms with Crippen LogP contribution in [-0.4, -0.2) is 9.91 Å². The maximum Gasteiger partial charge on any atom is 0.273 e. The van der Waals surface area contributed by atoms with Gasteiger partial charge in [-0.25, -0.2) is 4.98 Å². The zero-order valence-corrected chi connectivity index (χ0v) is 8.20. The Morgan fingerprint density at radius 3 is 3.06 bits per heavy atom. The Balaban J connectivity index is 2.04. The highest BCUT2D eigenvalue weighted by molar-refractivity contribution is 5.37. The Morgan fingerprint density at radius 2 is 2.38 bits per heavy atom. The number of benzene rings is 1. The molecular weight excluding hydrogens is 212 g/mol. The molecule has 1 heterocycles. The molecule has 16 heavy (non-hydrogen) atoms. The van der Waals surface area contributed by atoms with Gasteiger partial charge in [-0.15, -0.1) is 0 Å².